The molecule has 156 valence electrons. The van der Waals surface area contributed by atoms with Crippen LogP contribution in [0.25, 0.3) is 11.3 Å². The van der Waals surface area contributed by atoms with Gasteiger partial charge in [0.15, 0.2) is 5.69 Å². The molecule has 0 saturated carbocycles. The lowest BCUT2D eigenvalue weighted by atomic mass is 10.1. The second kappa shape index (κ2) is 9.02. The Morgan fingerprint density at radius 3 is 2.43 bits per heavy atom. The monoisotopic (exact) mass is 422 g/mol. The fourth-order valence-corrected chi connectivity index (χ4v) is 4.25. The average Bonchev–Trinajstić information content (AvgIpc) is 3.23. The molecule has 1 saturated heterocycles. The zero-order valence-corrected chi connectivity index (χ0v) is 18.2. The van der Waals surface area contributed by atoms with E-state index in [2.05, 4.69) is 41.2 Å². The van der Waals surface area contributed by atoms with Crippen molar-refractivity contribution in [1.82, 2.24) is 19.6 Å². The van der Waals surface area contributed by atoms with Crippen LogP contribution in [0.15, 0.2) is 60.7 Å². The minimum atomic E-state index is -0.00232. The van der Waals surface area contributed by atoms with Crippen LogP contribution in [-0.4, -0.2) is 51.7 Å². The minimum absolute atomic E-state index is 0.00232. The summed E-state index contributed by atoms with van der Waals surface area (Å²) in [5, 5.41) is 5.25. The largest absolute Gasteiger partial charge is 0.335 e. The van der Waals surface area contributed by atoms with E-state index in [0.29, 0.717) is 36.4 Å². The quantitative estimate of drug-likeness (QED) is 0.596. The maximum atomic E-state index is 13.1. The number of rotatable bonds is 5. The highest BCUT2D eigenvalue weighted by molar-refractivity contribution is 6.30. The van der Waals surface area contributed by atoms with Gasteiger partial charge in [-0.2, -0.15) is 5.10 Å². The van der Waals surface area contributed by atoms with Crippen LogP contribution in [0.3, 0.4) is 0 Å². The number of hydrogen-bond donors (Lipinski definition) is 0. The first kappa shape index (κ1) is 20.6. The van der Waals surface area contributed by atoms with Gasteiger partial charge in [-0.15, -0.1) is 0 Å². The van der Waals surface area contributed by atoms with E-state index in [9.17, 15) is 4.79 Å². The van der Waals surface area contributed by atoms with Gasteiger partial charge in [0.2, 0.25) is 0 Å². The van der Waals surface area contributed by atoms with Gasteiger partial charge in [0, 0.05) is 49.4 Å². The molecule has 1 aliphatic rings. The highest BCUT2D eigenvalue weighted by atomic mass is 35.5. The lowest BCUT2D eigenvalue weighted by molar-refractivity contribution is 0.0576. The van der Waals surface area contributed by atoms with E-state index in [1.165, 1.54) is 5.56 Å². The first-order chi connectivity index (χ1) is 14.6. The fraction of sp³-hybridized carbons (Fsp3) is 0.333. The molecule has 2 heterocycles. The third-order valence-corrected chi connectivity index (χ3v) is 6.09. The Hall–Kier alpha value is -2.63. The van der Waals surface area contributed by atoms with Crippen LogP contribution < -0.4 is 0 Å². The van der Waals surface area contributed by atoms with Gasteiger partial charge in [-0.3, -0.25) is 14.4 Å². The summed E-state index contributed by atoms with van der Waals surface area (Å²) >= 11 is 6.16. The molecule has 0 bridgehead atoms. The number of benzene rings is 2. The fourth-order valence-electron chi connectivity index (χ4n) is 4.06. The van der Waals surface area contributed by atoms with Crippen LogP contribution in [0.1, 0.15) is 35.9 Å². The Bertz CT molecular complexity index is 1010. The summed E-state index contributed by atoms with van der Waals surface area (Å²) in [7, 11) is 0. The van der Waals surface area contributed by atoms with E-state index in [0.717, 1.165) is 24.3 Å². The summed E-state index contributed by atoms with van der Waals surface area (Å²) in [5.74, 6) is -0.00232. The maximum absolute atomic E-state index is 13.1. The van der Waals surface area contributed by atoms with Crippen molar-refractivity contribution in [3.8, 4) is 11.3 Å². The molecule has 0 radical (unpaired) electrons. The van der Waals surface area contributed by atoms with Crippen LogP contribution in [0, 0.1) is 0 Å². The maximum Gasteiger partial charge on any atom is 0.274 e. The molecule has 4 rings (SSSR count). The van der Waals surface area contributed by atoms with E-state index in [-0.39, 0.29) is 5.91 Å². The van der Waals surface area contributed by atoms with Crippen molar-refractivity contribution in [3.63, 3.8) is 0 Å². The highest BCUT2D eigenvalue weighted by Crippen LogP contribution is 2.25. The zero-order valence-electron chi connectivity index (χ0n) is 17.5. The standard InChI is InChI=1S/C24H27ClN4O/c1-3-29-23(20-10-7-11-21(25)16-20)17-22(26-29)24(30)28-14-12-27(13-15-28)18(2)19-8-5-4-6-9-19/h4-11,16-18H,3,12-15H2,1-2H3/t18-/m1/s1. The number of carbonyl (C=O) groups excluding carboxylic acids is 1. The van der Waals surface area contributed by atoms with E-state index < -0.39 is 0 Å². The number of piperazine rings is 1. The van der Waals surface area contributed by atoms with Crippen molar-refractivity contribution in [2.24, 2.45) is 0 Å². The predicted octanol–water partition coefficient (Wildman–Crippen LogP) is 4.74. The molecular weight excluding hydrogens is 396 g/mol. The first-order valence-electron chi connectivity index (χ1n) is 10.5. The van der Waals surface area contributed by atoms with Crippen LogP contribution in [0.5, 0.6) is 0 Å². The highest BCUT2D eigenvalue weighted by Gasteiger charge is 2.27. The lowest BCUT2D eigenvalue weighted by Crippen LogP contribution is -2.49. The molecule has 1 fully saturated rings. The van der Waals surface area contributed by atoms with Gasteiger partial charge in [-0.05, 0) is 37.6 Å². The van der Waals surface area contributed by atoms with Crippen LogP contribution in [-0.2, 0) is 6.54 Å². The lowest BCUT2D eigenvalue weighted by Gasteiger charge is -2.38. The van der Waals surface area contributed by atoms with Crippen LogP contribution >= 0.6 is 11.6 Å². The molecule has 1 aromatic heterocycles. The van der Waals surface area contributed by atoms with E-state index >= 15 is 0 Å². The number of halogens is 1. The molecule has 3 aromatic rings. The number of hydrogen-bond acceptors (Lipinski definition) is 3. The molecule has 1 aliphatic heterocycles. The van der Waals surface area contributed by atoms with Crippen LogP contribution in [0.2, 0.25) is 5.02 Å². The number of carbonyl (C=O) groups is 1. The summed E-state index contributed by atoms with van der Waals surface area (Å²) in [6, 6.07) is 20.4. The minimum Gasteiger partial charge on any atom is -0.335 e. The van der Waals surface area contributed by atoms with Crippen molar-refractivity contribution >= 4 is 17.5 Å². The van der Waals surface area contributed by atoms with Gasteiger partial charge in [0.05, 0.1) is 5.69 Å². The molecule has 0 aliphatic carbocycles. The predicted molar refractivity (Wildman–Crippen MR) is 121 cm³/mol. The molecular formula is C24H27ClN4O. The van der Waals surface area contributed by atoms with E-state index in [1.54, 1.807) is 0 Å². The second-order valence-corrected chi connectivity index (χ2v) is 8.09. The number of aromatic nitrogens is 2. The Labute approximate surface area is 182 Å². The van der Waals surface area contributed by atoms with Crippen molar-refractivity contribution in [2.75, 3.05) is 26.2 Å². The SMILES string of the molecule is CCn1nc(C(=O)N2CCN([C@H](C)c3ccccc3)CC2)cc1-c1cccc(Cl)c1. The number of amides is 1. The van der Waals surface area contributed by atoms with Crippen molar-refractivity contribution in [1.29, 1.82) is 0 Å². The summed E-state index contributed by atoms with van der Waals surface area (Å²) in [6.07, 6.45) is 0. The smallest absolute Gasteiger partial charge is 0.274 e. The van der Waals surface area contributed by atoms with Gasteiger partial charge in [0.1, 0.15) is 0 Å². The van der Waals surface area contributed by atoms with Crippen molar-refractivity contribution in [2.45, 2.75) is 26.4 Å². The Kier molecular flexibility index (Phi) is 6.21. The molecule has 6 heteroatoms. The zero-order chi connectivity index (χ0) is 21.1. The third kappa shape index (κ3) is 4.27. The topological polar surface area (TPSA) is 41.4 Å². The third-order valence-electron chi connectivity index (χ3n) is 5.85. The van der Waals surface area contributed by atoms with Gasteiger partial charge in [0.25, 0.3) is 5.91 Å². The number of nitrogens with zero attached hydrogens (tertiary/aromatic N) is 4. The molecule has 1 atom stereocenters. The van der Waals surface area contributed by atoms with E-state index in [1.807, 2.05) is 52.9 Å². The van der Waals surface area contributed by atoms with Gasteiger partial charge in [-0.1, -0.05) is 54.1 Å². The van der Waals surface area contributed by atoms with Gasteiger partial charge < -0.3 is 4.90 Å². The first-order valence-corrected chi connectivity index (χ1v) is 10.9. The molecule has 0 spiro atoms. The Balaban J connectivity index is 1.46. The van der Waals surface area contributed by atoms with Gasteiger partial charge >= 0.3 is 0 Å². The van der Waals surface area contributed by atoms with Crippen molar-refractivity contribution in [3.05, 3.63) is 76.9 Å². The second-order valence-electron chi connectivity index (χ2n) is 7.66. The molecule has 0 unspecified atom stereocenters. The molecule has 2 aromatic carbocycles. The molecule has 0 N–H and O–H groups in total. The Morgan fingerprint density at radius 1 is 1.03 bits per heavy atom. The molecule has 5 nitrogen and oxygen atoms in total. The van der Waals surface area contributed by atoms with Crippen LogP contribution in [0.4, 0.5) is 0 Å². The Morgan fingerprint density at radius 2 is 1.77 bits per heavy atom. The van der Waals surface area contributed by atoms with Crippen molar-refractivity contribution < 1.29 is 4.79 Å². The summed E-state index contributed by atoms with van der Waals surface area (Å²) in [6.45, 7) is 8.08. The van der Waals surface area contributed by atoms with Gasteiger partial charge in [-0.25, -0.2) is 0 Å². The summed E-state index contributed by atoms with van der Waals surface area (Å²) in [5.41, 5.74) is 3.69. The molecule has 1 amide bonds. The normalized spacial score (nSPS) is 15.9. The average molecular weight is 423 g/mol. The van der Waals surface area contributed by atoms with E-state index in [4.69, 9.17) is 11.6 Å². The summed E-state index contributed by atoms with van der Waals surface area (Å²) in [4.78, 5) is 17.5. The molecule has 30 heavy (non-hydrogen) atoms. The number of aryl methyl sites for hydroxylation is 1. The summed E-state index contributed by atoms with van der Waals surface area (Å²) < 4.78 is 1.87.